The molecule has 0 aliphatic carbocycles. The Hall–Kier alpha value is -0.870. The summed E-state index contributed by atoms with van der Waals surface area (Å²) in [5.74, 6) is 2.45. The summed E-state index contributed by atoms with van der Waals surface area (Å²) < 4.78 is 23.0. The summed E-state index contributed by atoms with van der Waals surface area (Å²) in [6.07, 6.45) is 8.32. The zero-order valence-corrected chi connectivity index (χ0v) is 14.6. The van der Waals surface area contributed by atoms with Gasteiger partial charge < -0.3 is 14.0 Å². The number of fused-ring (bicyclic) bond motifs is 1. The highest BCUT2D eigenvalue weighted by Crippen LogP contribution is 2.33. The van der Waals surface area contributed by atoms with Crippen LogP contribution in [0.3, 0.4) is 0 Å². The van der Waals surface area contributed by atoms with E-state index in [1.807, 2.05) is 18.2 Å². The Morgan fingerprint density at radius 3 is 2.68 bits per heavy atom. The van der Waals surface area contributed by atoms with Crippen molar-refractivity contribution in [3.8, 4) is 11.5 Å². The molecule has 0 bridgehead atoms. The summed E-state index contributed by atoms with van der Waals surface area (Å²) >= 11 is -0.743. The van der Waals surface area contributed by atoms with Crippen LogP contribution in [0.25, 0.3) is 0 Å². The molecular weight excluding hydrogens is 296 g/mol. The number of unbranched alkanes of at least 4 members (excludes halogenated alkanes) is 5. The maximum absolute atomic E-state index is 12.3. The first kappa shape index (κ1) is 17.5. The number of ether oxygens (including phenoxy) is 2. The second-order valence-electron chi connectivity index (χ2n) is 6.05. The molecule has 22 heavy (non-hydrogen) atoms. The highest BCUT2D eigenvalue weighted by molar-refractivity contribution is 7.91. The second kappa shape index (κ2) is 9.31. The zero-order chi connectivity index (χ0) is 15.8. The molecule has 2 unspecified atom stereocenters. The van der Waals surface area contributed by atoms with E-state index in [1.165, 1.54) is 37.7 Å². The van der Waals surface area contributed by atoms with Crippen LogP contribution in [-0.4, -0.2) is 22.3 Å². The van der Waals surface area contributed by atoms with E-state index in [9.17, 15) is 4.55 Å². The first-order valence-corrected chi connectivity index (χ1v) is 9.84. The van der Waals surface area contributed by atoms with E-state index < -0.39 is 11.2 Å². The van der Waals surface area contributed by atoms with Crippen molar-refractivity contribution in [2.45, 2.75) is 64.0 Å². The molecule has 0 fully saturated rings. The quantitative estimate of drug-likeness (QED) is 0.467. The largest absolute Gasteiger partial charge is 1.00 e. The fourth-order valence-corrected chi connectivity index (χ4v) is 3.99. The molecule has 0 radical (unpaired) electrons. The highest BCUT2D eigenvalue weighted by atomic mass is 32.2. The topological polar surface area (TPSA) is 41.5 Å². The molecule has 1 aromatic carbocycles. The molecule has 1 heterocycles. The van der Waals surface area contributed by atoms with Gasteiger partial charge in [0.25, 0.3) is 0 Å². The number of hydrogen-bond donors (Lipinski definition) is 0. The molecule has 3 nitrogen and oxygen atoms in total. The Kier molecular flexibility index (Phi) is 7.40. The van der Waals surface area contributed by atoms with Crippen molar-refractivity contribution in [2.24, 2.45) is 0 Å². The minimum atomic E-state index is -0.743. The van der Waals surface area contributed by atoms with E-state index in [0.717, 1.165) is 30.1 Å². The average Bonchev–Trinajstić information content (AvgIpc) is 2.98. The lowest BCUT2D eigenvalue weighted by molar-refractivity contribution is 0.174. The van der Waals surface area contributed by atoms with E-state index in [4.69, 9.17) is 9.47 Å². The predicted octanol–water partition coefficient (Wildman–Crippen LogP) is 4.57. The Bertz CT molecular complexity index is 456. The van der Waals surface area contributed by atoms with Gasteiger partial charge in [0.15, 0.2) is 11.5 Å². The Labute approximate surface area is 139 Å². The zero-order valence-electron chi connectivity index (χ0n) is 14.8. The summed E-state index contributed by atoms with van der Waals surface area (Å²) in [5, 5.41) is 0.191. The molecule has 0 aromatic heterocycles. The van der Waals surface area contributed by atoms with E-state index >= 15 is 0 Å². The summed E-state index contributed by atoms with van der Waals surface area (Å²) in [6, 6.07) is 6.01. The first-order chi connectivity index (χ1) is 10.7. The van der Waals surface area contributed by atoms with E-state index in [0.29, 0.717) is 6.79 Å². The van der Waals surface area contributed by atoms with Crippen LogP contribution in [-0.2, 0) is 17.6 Å². The van der Waals surface area contributed by atoms with Crippen molar-refractivity contribution in [3.63, 3.8) is 0 Å². The van der Waals surface area contributed by atoms with E-state index in [1.54, 1.807) is 0 Å². The summed E-state index contributed by atoms with van der Waals surface area (Å²) in [5.41, 5.74) is 1.17. The lowest BCUT2D eigenvalue weighted by atomic mass is 10.1. The lowest BCUT2D eigenvalue weighted by Gasteiger charge is -2.18. The van der Waals surface area contributed by atoms with Crippen molar-refractivity contribution >= 4 is 11.2 Å². The van der Waals surface area contributed by atoms with Crippen LogP contribution >= 0.6 is 0 Å². The molecule has 0 spiro atoms. The fraction of sp³-hybridized carbons (Fsp3) is 0.667. The molecule has 1 aliphatic rings. The van der Waals surface area contributed by atoms with Crippen LogP contribution < -0.4 is 9.47 Å². The summed E-state index contributed by atoms with van der Waals surface area (Å²) in [6.45, 7) is 4.61. The van der Waals surface area contributed by atoms with Gasteiger partial charge in [-0.15, -0.1) is 0 Å². The number of benzene rings is 1. The third kappa shape index (κ3) is 5.40. The fourth-order valence-electron chi connectivity index (χ4n) is 2.72. The Morgan fingerprint density at radius 1 is 1.14 bits per heavy atom. The van der Waals surface area contributed by atoms with Gasteiger partial charge in [0.2, 0.25) is 6.79 Å². The van der Waals surface area contributed by atoms with Crippen LogP contribution in [0.15, 0.2) is 18.2 Å². The Morgan fingerprint density at radius 2 is 1.86 bits per heavy atom. The standard InChI is InChI=1S/C18H28O3S/c1-3-4-5-6-7-8-11-22(19)15(2)12-16-9-10-17-18(13-16)21-14-20-17/h9-10,13,15H,3-8,11-12,14H2,1-2H3/p+1. The third-order valence-corrected chi connectivity index (χ3v) is 5.86. The van der Waals surface area contributed by atoms with Crippen LogP contribution in [0.5, 0.6) is 11.5 Å². The van der Waals surface area contributed by atoms with Gasteiger partial charge in [0.05, 0.1) is 0 Å². The van der Waals surface area contributed by atoms with Crippen LogP contribution in [0.1, 0.15) is 59.4 Å². The molecule has 0 saturated heterocycles. The highest BCUT2D eigenvalue weighted by Gasteiger charge is 2.19. The lowest BCUT2D eigenvalue weighted by Crippen LogP contribution is -2.23. The maximum atomic E-state index is 12.3. The molecule has 1 aliphatic heterocycles. The molecule has 4 heteroatoms. The monoisotopic (exact) mass is 325 g/mol. The second-order valence-corrected chi connectivity index (χ2v) is 8.03. The SMILES string of the molecule is CCCCCCCC[S+]([O-])C(C)Cc1ccc2c(c1)OCO2.[H+]. The van der Waals surface area contributed by atoms with Crippen molar-refractivity contribution < 1.29 is 15.5 Å². The van der Waals surface area contributed by atoms with Crippen molar-refractivity contribution in [2.75, 3.05) is 12.5 Å². The smallest absolute Gasteiger partial charge is 0.616 e. The van der Waals surface area contributed by atoms with Crippen molar-refractivity contribution in [1.29, 1.82) is 0 Å². The molecule has 0 N–H and O–H groups in total. The number of rotatable bonds is 10. The summed E-state index contributed by atoms with van der Waals surface area (Å²) in [4.78, 5) is 0. The van der Waals surface area contributed by atoms with Gasteiger partial charge in [-0.2, -0.15) is 0 Å². The molecule has 2 atom stereocenters. The predicted molar refractivity (Wildman–Crippen MR) is 93.2 cm³/mol. The third-order valence-electron chi connectivity index (χ3n) is 4.11. The van der Waals surface area contributed by atoms with E-state index in [-0.39, 0.29) is 6.68 Å². The Balaban J connectivity index is 0.00000264. The molecule has 1 aromatic rings. The van der Waals surface area contributed by atoms with Crippen molar-refractivity contribution in [1.82, 2.24) is 0 Å². The van der Waals surface area contributed by atoms with Gasteiger partial charge in [0, 0.05) is 6.42 Å². The minimum absolute atomic E-state index is 0. The molecule has 124 valence electrons. The molecule has 0 amide bonds. The van der Waals surface area contributed by atoms with Gasteiger partial charge >= 0.3 is 1.43 Å². The van der Waals surface area contributed by atoms with Gasteiger partial charge in [-0.3, -0.25) is 0 Å². The van der Waals surface area contributed by atoms with Gasteiger partial charge in [0.1, 0.15) is 11.0 Å². The van der Waals surface area contributed by atoms with Crippen LogP contribution in [0, 0.1) is 0 Å². The first-order valence-electron chi connectivity index (χ1n) is 8.46. The normalized spacial score (nSPS) is 15.8. The average molecular weight is 325 g/mol. The van der Waals surface area contributed by atoms with Gasteiger partial charge in [-0.25, -0.2) is 0 Å². The minimum Gasteiger partial charge on any atom is -0.616 e. The summed E-state index contributed by atoms with van der Waals surface area (Å²) in [7, 11) is 0. The van der Waals surface area contributed by atoms with Crippen molar-refractivity contribution in [3.05, 3.63) is 23.8 Å². The van der Waals surface area contributed by atoms with Gasteiger partial charge in [-0.05, 0) is 37.5 Å². The number of hydrogen-bond acceptors (Lipinski definition) is 3. The molecule has 2 rings (SSSR count). The van der Waals surface area contributed by atoms with Crippen LogP contribution in [0.4, 0.5) is 0 Å². The molecular formula is C18H29O3S+. The van der Waals surface area contributed by atoms with E-state index in [2.05, 4.69) is 13.8 Å². The van der Waals surface area contributed by atoms with Gasteiger partial charge in [-0.1, -0.05) is 49.8 Å². The maximum Gasteiger partial charge on any atom is 1.00 e. The molecule has 0 saturated carbocycles. The van der Waals surface area contributed by atoms with Crippen LogP contribution in [0.2, 0.25) is 0 Å².